The highest BCUT2D eigenvalue weighted by molar-refractivity contribution is 7.99. The topological polar surface area (TPSA) is 37.4 Å². The third-order valence-electron chi connectivity index (χ3n) is 3.34. The van der Waals surface area contributed by atoms with Crippen LogP contribution in [0, 0.1) is 11.6 Å². The highest BCUT2D eigenvalue weighted by Crippen LogP contribution is 2.25. The molecule has 6 heteroatoms. The molecule has 3 nitrogen and oxygen atoms in total. The molecule has 0 spiro atoms. The van der Waals surface area contributed by atoms with Gasteiger partial charge < -0.3 is 0 Å². The van der Waals surface area contributed by atoms with Crippen molar-refractivity contribution in [3.05, 3.63) is 65.2 Å². The van der Waals surface area contributed by atoms with Gasteiger partial charge in [0, 0.05) is 17.2 Å². The number of rotatable bonds is 4. The van der Waals surface area contributed by atoms with Crippen LogP contribution in [0.2, 0.25) is 0 Å². The summed E-state index contributed by atoms with van der Waals surface area (Å²) < 4.78 is 26.6. The molecule has 0 saturated heterocycles. The molecule has 0 unspecified atom stereocenters. The van der Waals surface area contributed by atoms with Crippen LogP contribution in [0.3, 0.4) is 0 Å². The van der Waals surface area contributed by atoms with E-state index in [1.807, 2.05) is 0 Å². The van der Waals surface area contributed by atoms with Gasteiger partial charge in [-0.25, -0.2) is 8.78 Å². The van der Waals surface area contributed by atoms with Crippen molar-refractivity contribution in [2.45, 2.75) is 4.90 Å². The number of hydrogen-bond acceptors (Lipinski definition) is 3. The van der Waals surface area contributed by atoms with E-state index in [2.05, 4.69) is 0 Å². The Balaban J connectivity index is 1.67. The average molecular weight is 319 g/mol. The van der Waals surface area contributed by atoms with Gasteiger partial charge in [0.15, 0.2) is 0 Å². The minimum Gasteiger partial charge on any atom is -0.273 e. The highest BCUT2D eigenvalue weighted by atomic mass is 32.2. The molecule has 22 heavy (non-hydrogen) atoms. The van der Waals surface area contributed by atoms with E-state index in [9.17, 15) is 18.4 Å². The summed E-state index contributed by atoms with van der Waals surface area (Å²) in [5.41, 5.74) is 0.767. The number of benzene rings is 2. The normalized spacial score (nSPS) is 13.6. The Bertz CT molecular complexity index is 729. The lowest BCUT2D eigenvalue weighted by molar-refractivity contribution is 0.0664. The molecular weight excluding hydrogens is 308 g/mol. The van der Waals surface area contributed by atoms with Crippen molar-refractivity contribution in [1.82, 2.24) is 4.90 Å². The largest absolute Gasteiger partial charge is 0.273 e. The maximum atomic E-state index is 13.5. The molecule has 0 saturated carbocycles. The van der Waals surface area contributed by atoms with Crippen molar-refractivity contribution in [3.63, 3.8) is 0 Å². The first-order valence-electron chi connectivity index (χ1n) is 6.61. The summed E-state index contributed by atoms with van der Waals surface area (Å²) in [6, 6.07) is 9.81. The van der Waals surface area contributed by atoms with Crippen LogP contribution in [0.15, 0.2) is 47.4 Å². The molecule has 0 atom stereocenters. The van der Waals surface area contributed by atoms with E-state index >= 15 is 0 Å². The van der Waals surface area contributed by atoms with Crippen LogP contribution in [0.25, 0.3) is 0 Å². The molecular formula is C16H11F2NO2S. The zero-order valence-electron chi connectivity index (χ0n) is 11.4. The SMILES string of the molecule is O=C1c2ccccc2C(=O)N1CCSc1cc(F)ccc1F. The molecule has 0 bridgehead atoms. The lowest BCUT2D eigenvalue weighted by Gasteiger charge is -2.13. The highest BCUT2D eigenvalue weighted by Gasteiger charge is 2.34. The minimum atomic E-state index is -0.523. The average Bonchev–Trinajstić information content (AvgIpc) is 2.76. The summed E-state index contributed by atoms with van der Waals surface area (Å²) >= 11 is 1.07. The van der Waals surface area contributed by atoms with Gasteiger partial charge in [-0.3, -0.25) is 14.5 Å². The van der Waals surface area contributed by atoms with E-state index in [1.165, 1.54) is 0 Å². The molecule has 2 aromatic rings. The Morgan fingerprint density at radius 3 is 2.23 bits per heavy atom. The molecule has 1 aliphatic rings. The summed E-state index contributed by atoms with van der Waals surface area (Å²) in [5, 5.41) is 0. The van der Waals surface area contributed by atoms with Gasteiger partial charge in [0.05, 0.1) is 11.1 Å². The van der Waals surface area contributed by atoms with Crippen LogP contribution < -0.4 is 0 Å². The number of thioether (sulfide) groups is 1. The Morgan fingerprint density at radius 1 is 0.955 bits per heavy atom. The summed E-state index contributed by atoms with van der Waals surface area (Å²) in [4.78, 5) is 25.6. The fourth-order valence-corrected chi connectivity index (χ4v) is 3.17. The quantitative estimate of drug-likeness (QED) is 0.640. The molecule has 1 heterocycles. The number of fused-ring (bicyclic) bond motifs is 1. The first kappa shape index (κ1) is 14.7. The first-order valence-corrected chi connectivity index (χ1v) is 7.59. The molecule has 0 aliphatic carbocycles. The minimum absolute atomic E-state index is 0.146. The number of amides is 2. The molecule has 112 valence electrons. The Labute approximate surface area is 129 Å². The predicted octanol–water partition coefficient (Wildman–Crippen LogP) is 3.35. The Hall–Kier alpha value is -2.21. The predicted molar refractivity (Wildman–Crippen MR) is 78.9 cm³/mol. The van der Waals surface area contributed by atoms with Crippen molar-refractivity contribution in [1.29, 1.82) is 0 Å². The third kappa shape index (κ3) is 2.62. The van der Waals surface area contributed by atoms with Crippen LogP contribution >= 0.6 is 11.8 Å². The molecule has 0 radical (unpaired) electrons. The van der Waals surface area contributed by atoms with Crippen LogP contribution in [0.5, 0.6) is 0 Å². The summed E-state index contributed by atoms with van der Waals surface area (Å²) in [7, 11) is 0. The Morgan fingerprint density at radius 2 is 1.59 bits per heavy atom. The maximum Gasteiger partial charge on any atom is 0.261 e. The van der Waals surface area contributed by atoms with Gasteiger partial charge in [0.1, 0.15) is 11.6 Å². The Kier molecular flexibility index (Phi) is 3.94. The molecule has 2 aromatic carbocycles. The summed E-state index contributed by atoms with van der Waals surface area (Å²) in [6.45, 7) is 0.146. The lowest BCUT2D eigenvalue weighted by Crippen LogP contribution is -2.31. The number of carbonyl (C=O) groups is 2. The zero-order valence-corrected chi connectivity index (χ0v) is 12.2. The van der Waals surface area contributed by atoms with Gasteiger partial charge >= 0.3 is 0 Å². The van der Waals surface area contributed by atoms with Gasteiger partial charge in [-0.05, 0) is 30.3 Å². The summed E-state index contributed by atoms with van der Waals surface area (Å²) in [6.07, 6.45) is 0. The van der Waals surface area contributed by atoms with Crippen molar-refractivity contribution in [2.75, 3.05) is 12.3 Å². The summed E-state index contributed by atoms with van der Waals surface area (Å²) in [5.74, 6) is -1.44. The third-order valence-corrected chi connectivity index (χ3v) is 4.35. The van der Waals surface area contributed by atoms with Gasteiger partial charge in [-0.2, -0.15) is 0 Å². The fraction of sp³-hybridized carbons (Fsp3) is 0.125. The van der Waals surface area contributed by atoms with E-state index in [1.54, 1.807) is 24.3 Å². The fourth-order valence-electron chi connectivity index (χ4n) is 2.28. The van der Waals surface area contributed by atoms with Gasteiger partial charge in [-0.1, -0.05) is 12.1 Å². The van der Waals surface area contributed by atoms with Gasteiger partial charge in [0.25, 0.3) is 11.8 Å². The molecule has 0 N–H and O–H groups in total. The lowest BCUT2D eigenvalue weighted by atomic mass is 10.1. The van der Waals surface area contributed by atoms with Gasteiger partial charge in [-0.15, -0.1) is 11.8 Å². The molecule has 2 amide bonds. The number of carbonyl (C=O) groups excluding carboxylic acids is 2. The standard InChI is InChI=1S/C16H11F2NO2S/c17-10-5-6-13(18)14(9-10)22-8-7-19-15(20)11-3-1-2-4-12(11)16(19)21/h1-6,9H,7-8H2. The number of hydrogen-bond donors (Lipinski definition) is 0. The van der Waals surface area contributed by atoms with Gasteiger partial charge in [0.2, 0.25) is 0 Å². The molecule has 1 aliphatic heterocycles. The van der Waals surface area contributed by atoms with Crippen molar-refractivity contribution in [3.8, 4) is 0 Å². The second-order valence-corrected chi connectivity index (χ2v) is 5.87. The number of nitrogens with zero attached hydrogens (tertiary/aromatic N) is 1. The van der Waals surface area contributed by atoms with E-state index in [-0.39, 0.29) is 23.3 Å². The molecule has 3 rings (SSSR count). The second-order valence-electron chi connectivity index (χ2n) is 4.73. The van der Waals surface area contributed by atoms with Crippen molar-refractivity contribution < 1.29 is 18.4 Å². The van der Waals surface area contributed by atoms with E-state index in [0.29, 0.717) is 16.9 Å². The van der Waals surface area contributed by atoms with E-state index in [0.717, 1.165) is 34.9 Å². The number of halogens is 2. The van der Waals surface area contributed by atoms with Crippen molar-refractivity contribution >= 4 is 23.6 Å². The second kappa shape index (κ2) is 5.88. The monoisotopic (exact) mass is 319 g/mol. The maximum absolute atomic E-state index is 13.5. The van der Waals surface area contributed by atoms with Crippen molar-refractivity contribution in [2.24, 2.45) is 0 Å². The van der Waals surface area contributed by atoms with Crippen LogP contribution in [-0.4, -0.2) is 29.0 Å². The first-order chi connectivity index (χ1) is 10.6. The van der Waals surface area contributed by atoms with Crippen LogP contribution in [-0.2, 0) is 0 Å². The number of imide groups is 1. The van der Waals surface area contributed by atoms with E-state index < -0.39 is 11.6 Å². The smallest absolute Gasteiger partial charge is 0.261 e. The zero-order chi connectivity index (χ0) is 15.7. The van der Waals surface area contributed by atoms with E-state index in [4.69, 9.17) is 0 Å². The van der Waals surface area contributed by atoms with Crippen LogP contribution in [0.1, 0.15) is 20.7 Å². The molecule has 0 aromatic heterocycles. The molecule has 0 fully saturated rings. The van der Waals surface area contributed by atoms with Crippen LogP contribution in [0.4, 0.5) is 8.78 Å².